The maximum atomic E-state index is 11.9. The average molecular weight is 288 g/mol. The van der Waals surface area contributed by atoms with Gasteiger partial charge in [0.05, 0.1) is 12.3 Å². The van der Waals surface area contributed by atoms with Crippen LogP contribution < -0.4 is 10.6 Å². The molecule has 3 N–H and O–H groups in total. The molecular weight excluding hydrogens is 272 g/mol. The number of hydrogen-bond donors (Lipinski definition) is 3. The molecule has 0 heterocycles. The minimum absolute atomic E-state index is 0.0989. The molecule has 0 aliphatic heterocycles. The van der Waals surface area contributed by atoms with Crippen molar-refractivity contribution in [2.45, 2.75) is 6.04 Å². The SMILES string of the molecule is COCC(NC(=O)Nc1cccc2ccccc12)C(=O)O. The van der Waals surface area contributed by atoms with Crippen LogP contribution in [0.5, 0.6) is 0 Å². The topological polar surface area (TPSA) is 87.7 Å². The highest BCUT2D eigenvalue weighted by molar-refractivity contribution is 6.02. The average Bonchev–Trinajstić information content (AvgIpc) is 2.47. The first-order chi connectivity index (χ1) is 10.1. The van der Waals surface area contributed by atoms with Crippen molar-refractivity contribution in [2.75, 3.05) is 19.0 Å². The van der Waals surface area contributed by atoms with Crippen molar-refractivity contribution in [3.63, 3.8) is 0 Å². The van der Waals surface area contributed by atoms with Crippen LogP contribution in [0.1, 0.15) is 0 Å². The van der Waals surface area contributed by atoms with E-state index in [1.807, 2.05) is 36.4 Å². The number of carbonyl (C=O) groups excluding carboxylic acids is 1. The van der Waals surface area contributed by atoms with E-state index in [4.69, 9.17) is 9.84 Å². The fraction of sp³-hybridized carbons (Fsp3) is 0.200. The van der Waals surface area contributed by atoms with Crippen LogP contribution in [0.4, 0.5) is 10.5 Å². The summed E-state index contributed by atoms with van der Waals surface area (Å²) in [5.41, 5.74) is 0.618. The van der Waals surface area contributed by atoms with Gasteiger partial charge in [-0.15, -0.1) is 0 Å². The zero-order valence-corrected chi connectivity index (χ0v) is 11.5. The van der Waals surface area contributed by atoms with E-state index < -0.39 is 18.0 Å². The van der Waals surface area contributed by atoms with Gasteiger partial charge in [-0.1, -0.05) is 36.4 Å². The number of fused-ring (bicyclic) bond motifs is 1. The van der Waals surface area contributed by atoms with Gasteiger partial charge in [0.15, 0.2) is 6.04 Å². The smallest absolute Gasteiger partial charge is 0.328 e. The first kappa shape index (κ1) is 14.8. The maximum Gasteiger partial charge on any atom is 0.328 e. The standard InChI is InChI=1S/C15H16N2O4/c1-21-9-13(14(18)19)17-15(20)16-12-8-4-6-10-5-2-3-7-11(10)12/h2-8,13H,9H2,1H3,(H,18,19)(H2,16,17,20). The summed E-state index contributed by atoms with van der Waals surface area (Å²) in [7, 11) is 1.38. The van der Waals surface area contributed by atoms with E-state index in [0.717, 1.165) is 10.8 Å². The summed E-state index contributed by atoms with van der Waals surface area (Å²) in [5.74, 6) is -1.15. The molecule has 0 aliphatic carbocycles. The molecule has 1 unspecified atom stereocenters. The normalized spacial score (nSPS) is 11.9. The molecule has 6 nitrogen and oxygen atoms in total. The van der Waals surface area contributed by atoms with E-state index in [1.54, 1.807) is 6.07 Å². The van der Waals surface area contributed by atoms with Gasteiger partial charge in [0.2, 0.25) is 0 Å². The van der Waals surface area contributed by atoms with E-state index in [-0.39, 0.29) is 6.61 Å². The molecular formula is C15H16N2O4. The number of hydrogen-bond acceptors (Lipinski definition) is 3. The Kier molecular flexibility index (Phi) is 4.73. The number of carboxylic acid groups (broad SMARTS) is 1. The first-order valence-electron chi connectivity index (χ1n) is 6.39. The van der Waals surface area contributed by atoms with Gasteiger partial charge in [-0.05, 0) is 11.5 Å². The van der Waals surface area contributed by atoms with Gasteiger partial charge in [-0.3, -0.25) is 0 Å². The Balaban J connectivity index is 2.13. The van der Waals surface area contributed by atoms with Crippen LogP contribution in [0.2, 0.25) is 0 Å². The Morgan fingerprint density at radius 1 is 1.19 bits per heavy atom. The van der Waals surface area contributed by atoms with Crippen molar-refractivity contribution in [2.24, 2.45) is 0 Å². The fourth-order valence-electron chi connectivity index (χ4n) is 1.99. The van der Waals surface area contributed by atoms with E-state index in [9.17, 15) is 9.59 Å². The molecule has 0 fully saturated rings. The third-order valence-corrected chi connectivity index (χ3v) is 2.97. The van der Waals surface area contributed by atoms with Gasteiger partial charge < -0.3 is 20.5 Å². The van der Waals surface area contributed by atoms with Crippen molar-refractivity contribution in [3.05, 3.63) is 42.5 Å². The number of carboxylic acids is 1. The molecule has 2 amide bonds. The van der Waals surface area contributed by atoms with Gasteiger partial charge in [-0.2, -0.15) is 0 Å². The molecule has 2 aromatic rings. The molecule has 0 saturated carbocycles. The Morgan fingerprint density at radius 3 is 2.62 bits per heavy atom. The summed E-state index contributed by atoms with van der Waals surface area (Å²) < 4.78 is 4.76. The Labute approximate surface area is 121 Å². The van der Waals surface area contributed by atoms with Gasteiger partial charge in [0.1, 0.15) is 0 Å². The number of carbonyl (C=O) groups is 2. The first-order valence-corrected chi connectivity index (χ1v) is 6.39. The predicted octanol–water partition coefficient (Wildman–Crippen LogP) is 2.06. The van der Waals surface area contributed by atoms with Crippen LogP contribution in [0.15, 0.2) is 42.5 Å². The lowest BCUT2D eigenvalue weighted by molar-refractivity contribution is -0.140. The van der Waals surface area contributed by atoms with Gasteiger partial charge in [0, 0.05) is 12.5 Å². The third kappa shape index (κ3) is 3.70. The summed E-state index contributed by atoms with van der Waals surface area (Å²) in [6, 6.07) is 11.4. The zero-order valence-electron chi connectivity index (χ0n) is 11.5. The molecule has 21 heavy (non-hydrogen) atoms. The lowest BCUT2D eigenvalue weighted by Crippen LogP contribution is -2.45. The van der Waals surface area contributed by atoms with E-state index in [0.29, 0.717) is 5.69 Å². The quantitative estimate of drug-likeness (QED) is 0.786. The van der Waals surface area contributed by atoms with Gasteiger partial charge in [-0.25, -0.2) is 9.59 Å². The van der Waals surface area contributed by atoms with Crippen LogP contribution in [0, 0.1) is 0 Å². The number of anilines is 1. The number of benzene rings is 2. The molecule has 2 aromatic carbocycles. The summed E-state index contributed by atoms with van der Waals surface area (Å²) in [5, 5.41) is 15.9. The Bertz CT molecular complexity index is 652. The largest absolute Gasteiger partial charge is 0.480 e. The molecule has 6 heteroatoms. The number of urea groups is 1. The fourth-order valence-corrected chi connectivity index (χ4v) is 1.99. The van der Waals surface area contributed by atoms with Crippen LogP contribution in [0.25, 0.3) is 10.8 Å². The second-order valence-corrected chi connectivity index (χ2v) is 4.47. The van der Waals surface area contributed by atoms with Crippen molar-refractivity contribution in [3.8, 4) is 0 Å². The number of amides is 2. The molecule has 110 valence electrons. The summed E-state index contributed by atoms with van der Waals surface area (Å²) >= 11 is 0. The zero-order chi connectivity index (χ0) is 15.2. The van der Waals surface area contributed by atoms with E-state index >= 15 is 0 Å². The van der Waals surface area contributed by atoms with Crippen LogP contribution in [-0.2, 0) is 9.53 Å². The van der Waals surface area contributed by atoms with Crippen molar-refractivity contribution < 1.29 is 19.4 Å². The molecule has 0 bridgehead atoms. The van der Waals surface area contributed by atoms with Crippen LogP contribution >= 0.6 is 0 Å². The van der Waals surface area contributed by atoms with Crippen molar-refractivity contribution in [1.82, 2.24) is 5.32 Å². The number of nitrogens with one attached hydrogen (secondary N) is 2. The second kappa shape index (κ2) is 6.71. The number of ether oxygens (including phenoxy) is 1. The van der Waals surface area contributed by atoms with E-state index in [2.05, 4.69) is 10.6 Å². The Morgan fingerprint density at radius 2 is 1.90 bits per heavy atom. The molecule has 0 radical (unpaired) electrons. The van der Waals surface area contributed by atoms with E-state index in [1.165, 1.54) is 7.11 Å². The highest BCUT2D eigenvalue weighted by Crippen LogP contribution is 2.22. The molecule has 2 rings (SSSR count). The lowest BCUT2D eigenvalue weighted by atomic mass is 10.1. The van der Waals surface area contributed by atoms with Crippen LogP contribution in [-0.4, -0.2) is 36.9 Å². The third-order valence-electron chi connectivity index (χ3n) is 2.97. The highest BCUT2D eigenvalue weighted by atomic mass is 16.5. The summed E-state index contributed by atoms with van der Waals surface area (Å²) in [6.07, 6.45) is 0. The van der Waals surface area contributed by atoms with Crippen molar-refractivity contribution in [1.29, 1.82) is 0 Å². The predicted molar refractivity (Wildman–Crippen MR) is 79.4 cm³/mol. The monoisotopic (exact) mass is 288 g/mol. The molecule has 1 atom stereocenters. The second-order valence-electron chi connectivity index (χ2n) is 4.47. The summed E-state index contributed by atoms with van der Waals surface area (Å²) in [6.45, 7) is -0.0989. The van der Waals surface area contributed by atoms with Crippen molar-refractivity contribution >= 4 is 28.5 Å². The van der Waals surface area contributed by atoms with Crippen LogP contribution in [0.3, 0.4) is 0 Å². The molecule has 0 aliphatic rings. The van der Waals surface area contributed by atoms with Gasteiger partial charge in [0.25, 0.3) is 0 Å². The Hall–Kier alpha value is -2.60. The number of rotatable bonds is 5. The lowest BCUT2D eigenvalue weighted by Gasteiger charge is -2.15. The molecule has 0 aromatic heterocycles. The summed E-state index contributed by atoms with van der Waals surface area (Å²) in [4.78, 5) is 22.9. The number of aliphatic carboxylic acids is 1. The maximum absolute atomic E-state index is 11.9. The number of methoxy groups -OCH3 is 1. The van der Waals surface area contributed by atoms with Gasteiger partial charge >= 0.3 is 12.0 Å². The minimum atomic E-state index is -1.15. The highest BCUT2D eigenvalue weighted by Gasteiger charge is 2.19. The molecule has 0 saturated heterocycles. The molecule has 0 spiro atoms. The minimum Gasteiger partial charge on any atom is -0.480 e.